The van der Waals surface area contributed by atoms with E-state index in [2.05, 4.69) is 10.0 Å². The Labute approximate surface area is 151 Å². The van der Waals surface area contributed by atoms with Gasteiger partial charge >= 0.3 is 0 Å². The fourth-order valence-corrected chi connectivity index (χ4v) is 3.09. The third-order valence-corrected chi connectivity index (χ3v) is 4.91. The van der Waals surface area contributed by atoms with Crippen LogP contribution in [0.4, 0.5) is 0 Å². The molecule has 0 saturated carbocycles. The van der Waals surface area contributed by atoms with Gasteiger partial charge in [0.2, 0.25) is 15.9 Å². The summed E-state index contributed by atoms with van der Waals surface area (Å²) < 4.78 is 26.5. The highest BCUT2D eigenvalue weighted by molar-refractivity contribution is 7.89. The number of hydrogen-bond acceptors (Lipinski definition) is 4. The van der Waals surface area contributed by atoms with Gasteiger partial charge in [-0.15, -0.1) is 12.4 Å². The Morgan fingerprint density at radius 2 is 1.67 bits per heavy atom. The van der Waals surface area contributed by atoms with Crippen LogP contribution in [0.2, 0.25) is 0 Å². The van der Waals surface area contributed by atoms with Gasteiger partial charge in [-0.3, -0.25) is 4.79 Å². The first-order valence-corrected chi connectivity index (χ1v) is 9.47. The van der Waals surface area contributed by atoms with Crippen LogP contribution in [0.5, 0.6) is 0 Å². The molecule has 0 radical (unpaired) electrons. The zero-order chi connectivity index (χ0) is 17.1. The number of carbonyl (C=O) groups excluding carboxylic acids is 1. The lowest BCUT2D eigenvalue weighted by atomic mass is 10.1. The topological polar surface area (TPSA) is 101 Å². The van der Waals surface area contributed by atoms with E-state index in [1.165, 1.54) is 0 Å². The van der Waals surface area contributed by atoms with Gasteiger partial charge < -0.3 is 11.1 Å². The van der Waals surface area contributed by atoms with E-state index in [1.54, 1.807) is 24.3 Å². The normalized spacial score (nSPS) is 10.9. The summed E-state index contributed by atoms with van der Waals surface area (Å²) in [5.74, 6) is -0.0488. The molecule has 1 aromatic rings. The lowest BCUT2D eigenvalue weighted by molar-refractivity contribution is -0.121. The zero-order valence-electron chi connectivity index (χ0n) is 14.1. The SMILES string of the molecule is Cc1ccc(S(=O)(=O)NCCNC(=O)CCCCCCN)cc1.Cl. The molecule has 0 unspecified atom stereocenters. The molecule has 0 aliphatic carbocycles. The molecule has 138 valence electrons. The van der Waals surface area contributed by atoms with Crippen molar-refractivity contribution in [1.82, 2.24) is 10.0 Å². The molecule has 0 saturated heterocycles. The first-order chi connectivity index (χ1) is 11.0. The minimum Gasteiger partial charge on any atom is -0.355 e. The number of sulfonamides is 1. The Morgan fingerprint density at radius 1 is 1.04 bits per heavy atom. The average Bonchev–Trinajstić information content (AvgIpc) is 2.52. The Morgan fingerprint density at radius 3 is 2.29 bits per heavy atom. The monoisotopic (exact) mass is 377 g/mol. The Bertz CT molecular complexity index is 577. The van der Waals surface area contributed by atoms with Crippen molar-refractivity contribution < 1.29 is 13.2 Å². The predicted octanol–water partition coefficient (Wildman–Crippen LogP) is 1.72. The van der Waals surface area contributed by atoms with Crippen molar-refractivity contribution in [3.8, 4) is 0 Å². The zero-order valence-corrected chi connectivity index (χ0v) is 15.7. The first-order valence-electron chi connectivity index (χ1n) is 7.99. The van der Waals surface area contributed by atoms with Crippen LogP contribution in [0.25, 0.3) is 0 Å². The molecule has 1 amide bonds. The maximum atomic E-state index is 12.0. The molecule has 0 atom stereocenters. The van der Waals surface area contributed by atoms with Gasteiger partial charge in [0, 0.05) is 19.5 Å². The van der Waals surface area contributed by atoms with E-state index in [-0.39, 0.29) is 36.3 Å². The highest BCUT2D eigenvalue weighted by Gasteiger charge is 2.12. The first kappa shape index (κ1) is 22.9. The number of unbranched alkanes of at least 4 members (excludes halogenated alkanes) is 3. The molecule has 0 aliphatic rings. The van der Waals surface area contributed by atoms with Gasteiger partial charge in [0.15, 0.2) is 0 Å². The van der Waals surface area contributed by atoms with Crippen LogP contribution in [0, 0.1) is 6.92 Å². The number of benzene rings is 1. The van der Waals surface area contributed by atoms with E-state index in [0.29, 0.717) is 13.0 Å². The van der Waals surface area contributed by atoms with Crippen LogP contribution >= 0.6 is 12.4 Å². The largest absolute Gasteiger partial charge is 0.355 e. The molecule has 0 aliphatic heterocycles. The fraction of sp³-hybridized carbons (Fsp3) is 0.562. The molecule has 0 fully saturated rings. The smallest absolute Gasteiger partial charge is 0.240 e. The Hall–Kier alpha value is -1.15. The second kappa shape index (κ2) is 12.2. The summed E-state index contributed by atoms with van der Waals surface area (Å²) in [6, 6.07) is 6.64. The van der Waals surface area contributed by atoms with Crippen molar-refractivity contribution in [1.29, 1.82) is 0 Å². The summed E-state index contributed by atoms with van der Waals surface area (Å²) in [4.78, 5) is 11.8. The van der Waals surface area contributed by atoms with Crippen LogP contribution in [0.15, 0.2) is 29.2 Å². The maximum Gasteiger partial charge on any atom is 0.240 e. The van der Waals surface area contributed by atoms with Crippen molar-refractivity contribution in [2.45, 2.75) is 43.9 Å². The number of nitrogens with two attached hydrogens (primary N) is 1. The second-order valence-corrected chi connectivity index (χ2v) is 7.28. The molecular weight excluding hydrogens is 350 g/mol. The highest BCUT2D eigenvalue weighted by atomic mass is 35.5. The molecule has 0 bridgehead atoms. The minimum absolute atomic E-state index is 0. The van der Waals surface area contributed by atoms with Gasteiger partial charge in [0.25, 0.3) is 0 Å². The summed E-state index contributed by atoms with van der Waals surface area (Å²) in [5, 5.41) is 2.72. The molecule has 1 aromatic carbocycles. The van der Waals surface area contributed by atoms with Gasteiger partial charge in [0.05, 0.1) is 4.90 Å². The summed E-state index contributed by atoms with van der Waals surface area (Å²) in [6.07, 6.45) is 4.32. The molecule has 0 aromatic heterocycles. The Kier molecular flexibility index (Phi) is 11.7. The van der Waals surface area contributed by atoms with Gasteiger partial charge in [-0.05, 0) is 38.4 Å². The molecule has 0 spiro atoms. The quantitative estimate of drug-likeness (QED) is 0.511. The minimum atomic E-state index is -3.52. The van der Waals surface area contributed by atoms with Crippen molar-refractivity contribution in [2.75, 3.05) is 19.6 Å². The molecule has 24 heavy (non-hydrogen) atoms. The molecule has 0 heterocycles. The number of hydrogen-bond donors (Lipinski definition) is 3. The predicted molar refractivity (Wildman–Crippen MR) is 98.8 cm³/mol. The van der Waals surface area contributed by atoms with Gasteiger partial charge in [-0.25, -0.2) is 13.1 Å². The van der Waals surface area contributed by atoms with E-state index < -0.39 is 10.0 Å². The van der Waals surface area contributed by atoms with Crippen LogP contribution in [-0.2, 0) is 14.8 Å². The molecule has 8 heteroatoms. The lowest BCUT2D eigenvalue weighted by Gasteiger charge is -2.08. The molecule has 6 nitrogen and oxygen atoms in total. The number of aryl methyl sites for hydroxylation is 1. The van der Waals surface area contributed by atoms with Crippen LogP contribution in [0.1, 0.15) is 37.7 Å². The van der Waals surface area contributed by atoms with Crippen molar-refractivity contribution in [3.63, 3.8) is 0 Å². The third-order valence-electron chi connectivity index (χ3n) is 3.43. The molecular formula is C16H28ClN3O3S. The summed E-state index contributed by atoms with van der Waals surface area (Å²) in [7, 11) is -3.52. The number of carbonyl (C=O) groups is 1. The second-order valence-electron chi connectivity index (χ2n) is 5.51. The number of halogens is 1. The average molecular weight is 378 g/mol. The van der Waals surface area contributed by atoms with Gasteiger partial charge in [0.1, 0.15) is 0 Å². The maximum absolute atomic E-state index is 12.0. The summed E-state index contributed by atoms with van der Waals surface area (Å²) in [5.41, 5.74) is 6.40. The summed E-state index contributed by atoms with van der Waals surface area (Å²) >= 11 is 0. The number of rotatable bonds is 11. The molecule has 4 N–H and O–H groups in total. The molecule has 1 rings (SSSR count). The number of nitrogens with one attached hydrogen (secondary N) is 2. The number of amides is 1. The van der Waals surface area contributed by atoms with E-state index in [0.717, 1.165) is 31.2 Å². The van der Waals surface area contributed by atoms with E-state index in [1.807, 2.05) is 6.92 Å². The van der Waals surface area contributed by atoms with Crippen LogP contribution in [-0.4, -0.2) is 34.0 Å². The Balaban J connectivity index is 0.00000529. The third kappa shape index (κ3) is 9.22. The van der Waals surface area contributed by atoms with Gasteiger partial charge in [-0.1, -0.05) is 30.5 Å². The summed E-state index contributed by atoms with van der Waals surface area (Å²) in [6.45, 7) is 3.05. The van der Waals surface area contributed by atoms with Crippen molar-refractivity contribution in [2.24, 2.45) is 5.73 Å². The van der Waals surface area contributed by atoms with Crippen LogP contribution in [0.3, 0.4) is 0 Å². The van der Waals surface area contributed by atoms with Crippen molar-refractivity contribution >= 4 is 28.3 Å². The highest BCUT2D eigenvalue weighted by Crippen LogP contribution is 2.09. The standard InChI is InChI=1S/C16H27N3O3S.ClH/c1-14-7-9-15(10-8-14)23(21,22)19-13-12-18-16(20)6-4-2-3-5-11-17;/h7-10,19H,2-6,11-13,17H2,1H3,(H,18,20);1H. The fourth-order valence-electron chi connectivity index (χ4n) is 2.06. The van der Waals surface area contributed by atoms with E-state index in [9.17, 15) is 13.2 Å². The van der Waals surface area contributed by atoms with Crippen LogP contribution < -0.4 is 15.8 Å². The van der Waals surface area contributed by atoms with E-state index in [4.69, 9.17) is 5.73 Å². The van der Waals surface area contributed by atoms with Crippen molar-refractivity contribution in [3.05, 3.63) is 29.8 Å². The van der Waals surface area contributed by atoms with E-state index >= 15 is 0 Å². The van der Waals surface area contributed by atoms with Gasteiger partial charge in [-0.2, -0.15) is 0 Å². The lowest BCUT2D eigenvalue weighted by Crippen LogP contribution is -2.34.